The van der Waals surface area contributed by atoms with Gasteiger partial charge < -0.3 is 14.4 Å². The van der Waals surface area contributed by atoms with Crippen LogP contribution in [0, 0.1) is 0 Å². The zero-order valence-electron chi connectivity index (χ0n) is 31.8. The molecule has 6 nitrogen and oxygen atoms in total. The fourth-order valence-corrected chi connectivity index (χ4v) is 7.81. The summed E-state index contributed by atoms with van der Waals surface area (Å²) in [6.45, 7) is 7.55. The lowest BCUT2D eigenvalue weighted by atomic mass is 10.1. The van der Waals surface area contributed by atoms with E-state index in [1.165, 1.54) is 128 Å². The molecule has 0 spiro atoms. The molecule has 0 aliphatic heterocycles. The Morgan fingerprint density at radius 2 is 0.980 bits per heavy atom. The second-order valence-electron chi connectivity index (χ2n) is 13.6. The second-order valence-corrected chi connectivity index (χ2v) is 16.1. The van der Waals surface area contributed by atoms with Gasteiger partial charge in [-0.05, 0) is 35.8 Å². The van der Waals surface area contributed by atoms with E-state index in [1.807, 2.05) is 18.2 Å². The smallest absolute Gasteiger partial charge is 0.307 e. The topological polar surface area (TPSA) is 68.7 Å². The zero-order chi connectivity index (χ0) is 35.3. The normalized spacial score (nSPS) is 11.3. The first-order chi connectivity index (χ1) is 24.2. The first-order valence-electron chi connectivity index (χ1n) is 20.4. The highest BCUT2D eigenvalue weighted by molar-refractivity contribution is 8.76. The summed E-state index contributed by atoms with van der Waals surface area (Å²) in [6.07, 6.45) is 33.6. The molecule has 0 amide bonds. The lowest BCUT2D eigenvalue weighted by Gasteiger charge is -2.21. The molecule has 8 heteroatoms. The average molecular weight is 723 g/mol. The zero-order valence-corrected chi connectivity index (χ0v) is 33.4. The number of rotatable bonds is 37. The van der Waals surface area contributed by atoms with Crippen molar-refractivity contribution in [1.82, 2.24) is 9.88 Å². The van der Waals surface area contributed by atoms with Crippen molar-refractivity contribution in [1.29, 1.82) is 0 Å². The van der Waals surface area contributed by atoms with Gasteiger partial charge in [0.15, 0.2) is 0 Å². The number of aromatic nitrogens is 1. The molecule has 0 unspecified atom stereocenters. The highest BCUT2D eigenvalue weighted by Gasteiger charge is 2.13. The number of carbonyl (C=O) groups is 2. The van der Waals surface area contributed by atoms with E-state index in [0.717, 1.165) is 43.0 Å². The quantitative estimate of drug-likeness (QED) is 0.0382. The summed E-state index contributed by atoms with van der Waals surface area (Å²) in [7, 11) is 3.40. The molecule has 0 aromatic carbocycles. The Hall–Kier alpha value is -1.25. The van der Waals surface area contributed by atoms with Gasteiger partial charge in [0.25, 0.3) is 0 Å². The molecule has 0 bridgehead atoms. The third kappa shape index (κ3) is 32.4. The minimum absolute atomic E-state index is 0.141. The summed E-state index contributed by atoms with van der Waals surface area (Å²) in [5.41, 5.74) is 0. The van der Waals surface area contributed by atoms with Gasteiger partial charge in [-0.15, -0.1) is 0 Å². The maximum Gasteiger partial charge on any atom is 0.307 e. The van der Waals surface area contributed by atoms with Crippen LogP contribution in [0.1, 0.15) is 181 Å². The highest BCUT2D eigenvalue weighted by Crippen LogP contribution is 2.28. The summed E-state index contributed by atoms with van der Waals surface area (Å²) in [6, 6.07) is 5.92. The minimum atomic E-state index is -0.141. The van der Waals surface area contributed by atoms with Crippen LogP contribution in [0.25, 0.3) is 0 Å². The van der Waals surface area contributed by atoms with Gasteiger partial charge in [0, 0.05) is 31.6 Å². The fourth-order valence-electron chi connectivity index (χ4n) is 5.90. The number of ether oxygens (including phenoxy) is 2. The number of carbonyl (C=O) groups excluding carboxylic acids is 2. The number of hydrogen-bond donors (Lipinski definition) is 0. The minimum Gasteiger partial charge on any atom is -0.466 e. The van der Waals surface area contributed by atoms with Crippen molar-refractivity contribution in [2.75, 3.05) is 38.6 Å². The molecule has 284 valence electrons. The predicted octanol–water partition coefficient (Wildman–Crippen LogP) is 12.4. The molecule has 0 fully saturated rings. The molecule has 1 aromatic heterocycles. The lowest BCUT2D eigenvalue weighted by Crippen LogP contribution is -2.31. The van der Waals surface area contributed by atoms with E-state index in [2.05, 4.69) is 23.7 Å². The number of hydrogen-bond acceptors (Lipinski definition) is 8. The van der Waals surface area contributed by atoms with Crippen LogP contribution in [0.3, 0.4) is 0 Å². The Bertz CT molecular complexity index is 815. The molecule has 0 radical (unpaired) electrons. The molecule has 1 heterocycles. The molecule has 1 rings (SSSR count). The van der Waals surface area contributed by atoms with E-state index in [-0.39, 0.29) is 11.9 Å². The van der Waals surface area contributed by atoms with E-state index in [1.54, 1.807) is 27.8 Å². The fraction of sp³-hybridized carbons (Fsp3) is 0.829. The Labute approximate surface area is 310 Å². The molecule has 0 N–H and O–H groups in total. The molecule has 0 aliphatic rings. The average Bonchev–Trinajstić information content (AvgIpc) is 3.11. The van der Waals surface area contributed by atoms with Gasteiger partial charge in [-0.3, -0.25) is 9.59 Å². The largest absolute Gasteiger partial charge is 0.466 e. The third-order valence-corrected chi connectivity index (χ3v) is 11.3. The van der Waals surface area contributed by atoms with E-state index < -0.39 is 0 Å². The van der Waals surface area contributed by atoms with Crippen LogP contribution in [-0.2, 0) is 19.1 Å². The summed E-state index contributed by atoms with van der Waals surface area (Å²) >= 11 is 0. The number of pyridine rings is 1. The van der Waals surface area contributed by atoms with Gasteiger partial charge in [0.05, 0.1) is 26.1 Å². The number of esters is 2. The summed E-state index contributed by atoms with van der Waals surface area (Å²) < 4.78 is 11.1. The van der Waals surface area contributed by atoms with Crippen molar-refractivity contribution >= 4 is 33.5 Å². The van der Waals surface area contributed by atoms with E-state index >= 15 is 0 Å². The van der Waals surface area contributed by atoms with Gasteiger partial charge >= 0.3 is 11.9 Å². The molecule has 0 atom stereocenters. The van der Waals surface area contributed by atoms with Crippen LogP contribution in [0.4, 0.5) is 0 Å². The highest BCUT2D eigenvalue weighted by atomic mass is 33.1. The summed E-state index contributed by atoms with van der Waals surface area (Å²) in [5.74, 6) is 0.597. The van der Waals surface area contributed by atoms with E-state index in [4.69, 9.17) is 9.47 Å². The van der Waals surface area contributed by atoms with Crippen molar-refractivity contribution in [3.63, 3.8) is 0 Å². The maximum absolute atomic E-state index is 12.5. The molecule has 1 aromatic rings. The van der Waals surface area contributed by atoms with E-state index in [9.17, 15) is 9.59 Å². The van der Waals surface area contributed by atoms with Crippen molar-refractivity contribution < 1.29 is 19.1 Å². The van der Waals surface area contributed by atoms with Crippen molar-refractivity contribution in [3.8, 4) is 0 Å². The SMILES string of the molecule is CCCCCCCCCCCCCCOC(=O)CCN(CCSSc1ccccn1)CCC(=O)OCCCCCCCCCCCCCC. The van der Waals surface area contributed by atoms with Crippen molar-refractivity contribution in [3.05, 3.63) is 24.4 Å². The van der Waals surface area contributed by atoms with Crippen LogP contribution in [0.2, 0.25) is 0 Å². The van der Waals surface area contributed by atoms with Crippen LogP contribution in [0.15, 0.2) is 29.4 Å². The van der Waals surface area contributed by atoms with Crippen LogP contribution < -0.4 is 0 Å². The third-order valence-electron chi connectivity index (χ3n) is 9.06. The Morgan fingerprint density at radius 3 is 1.37 bits per heavy atom. The van der Waals surface area contributed by atoms with Crippen LogP contribution in [-0.4, -0.2) is 60.4 Å². The Kier molecular flexibility index (Phi) is 34.1. The van der Waals surface area contributed by atoms with Crippen LogP contribution >= 0.6 is 21.6 Å². The van der Waals surface area contributed by atoms with Gasteiger partial charge in [-0.2, -0.15) is 0 Å². The van der Waals surface area contributed by atoms with Crippen molar-refractivity contribution in [2.24, 2.45) is 0 Å². The van der Waals surface area contributed by atoms with Gasteiger partial charge in [0.2, 0.25) is 0 Å². The number of unbranched alkanes of at least 4 members (excludes halogenated alkanes) is 22. The molecular weight excluding hydrogens is 649 g/mol. The van der Waals surface area contributed by atoms with Gasteiger partial charge in [-0.1, -0.05) is 172 Å². The monoisotopic (exact) mass is 723 g/mol. The molecule has 0 saturated carbocycles. The number of nitrogens with zero attached hydrogens (tertiary/aromatic N) is 2. The first kappa shape index (κ1) is 45.8. The molecule has 0 saturated heterocycles. The lowest BCUT2D eigenvalue weighted by molar-refractivity contribution is -0.144. The standard InChI is InChI=1S/C41H74N2O4S2/c1-3-5-7-9-11-13-15-17-19-21-23-27-36-46-40(44)30-33-43(35-38-48-49-39-29-25-26-32-42-39)34-31-41(45)47-37-28-24-22-20-18-16-14-12-10-8-6-4-2/h25-26,29,32H,3-24,27-28,30-31,33-38H2,1-2H3. The summed E-state index contributed by atoms with van der Waals surface area (Å²) in [5, 5.41) is 0.988. The Morgan fingerprint density at radius 1 is 0.571 bits per heavy atom. The van der Waals surface area contributed by atoms with E-state index in [0.29, 0.717) is 39.1 Å². The molecule has 49 heavy (non-hydrogen) atoms. The van der Waals surface area contributed by atoms with Crippen molar-refractivity contribution in [2.45, 2.75) is 186 Å². The summed E-state index contributed by atoms with van der Waals surface area (Å²) in [4.78, 5) is 31.6. The predicted molar refractivity (Wildman–Crippen MR) is 212 cm³/mol. The van der Waals surface area contributed by atoms with Gasteiger partial charge in [0.1, 0.15) is 5.03 Å². The first-order valence-corrected chi connectivity index (χ1v) is 22.7. The van der Waals surface area contributed by atoms with Gasteiger partial charge in [-0.25, -0.2) is 4.98 Å². The Balaban J connectivity index is 2.17. The van der Waals surface area contributed by atoms with Crippen LogP contribution in [0.5, 0.6) is 0 Å². The maximum atomic E-state index is 12.5. The molecular formula is C41H74N2O4S2. The molecule has 0 aliphatic carbocycles. The second kappa shape index (κ2) is 36.5.